The first-order chi connectivity index (χ1) is 7.76. The van der Waals surface area contributed by atoms with Gasteiger partial charge in [-0.2, -0.15) is 0 Å². The van der Waals surface area contributed by atoms with E-state index < -0.39 is 0 Å². The number of aromatic amines is 1. The molecule has 0 saturated heterocycles. The molecular formula is C14H21ClN2. The van der Waals surface area contributed by atoms with Crippen molar-refractivity contribution in [1.82, 2.24) is 10.3 Å². The predicted octanol–water partition coefficient (Wildman–Crippen LogP) is 3.44. The summed E-state index contributed by atoms with van der Waals surface area (Å²) in [5, 5.41) is 4.74. The van der Waals surface area contributed by atoms with Gasteiger partial charge in [-0.1, -0.05) is 25.1 Å². The van der Waals surface area contributed by atoms with Crippen molar-refractivity contribution >= 4 is 23.3 Å². The average molecular weight is 253 g/mol. The van der Waals surface area contributed by atoms with Crippen LogP contribution in [-0.2, 0) is 6.42 Å². The second kappa shape index (κ2) is 6.08. The van der Waals surface area contributed by atoms with Crippen molar-refractivity contribution in [2.75, 3.05) is 7.05 Å². The van der Waals surface area contributed by atoms with E-state index in [2.05, 4.69) is 48.4 Å². The monoisotopic (exact) mass is 252 g/mol. The average Bonchev–Trinajstić information content (AvgIpc) is 2.62. The van der Waals surface area contributed by atoms with E-state index in [-0.39, 0.29) is 12.4 Å². The molecule has 0 bridgehead atoms. The van der Waals surface area contributed by atoms with Gasteiger partial charge < -0.3 is 10.3 Å². The van der Waals surface area contributed by atoms with E-state index in [1.165, 1.54) is 22.2 Å². The van der Waals surface area contributed by atoms with E-state index in [1.54, 1.807) is 0 Å². The van der Waals surface area contributed by atoms with E-state index in [4.69, 9.17) is 0 Å². The number of rotatable bonds is 4. The predicted molar refractivity (Wildman–Crippen MR) is 77.1 cm³/mol. The van der Waals surface area contributed by atoms with Crippen LogP contribution in [-0.4, -0.2) is 18.1 Å². The summed E-state index contributed by atoms with van der Waals surface area (Å²) in [5.74, 6) is 0. The number of aromatic nitrogens is 1. The van der Waals surface area contributed by atoms with Gasteiger partial charge >= 0.3 is 0 Å². The Balaban J connectivity index is 0.00000144. The Morgan fingerprint density at radius 2 is 2.00 bits per heavy atom. The van der Waals surface area contributed by atoms with Crippen molar-refractivity contribution < 1.29 is 0 Å². The van der Waals surface area contributed by atoms with Crippen LogP contribution in [0.2, 0.25) is 0 Å². The molecule has 1 heterocycles. The van der Waals surface area contributed by atoms with Crippen molar-refractivity contribution in [2.24, 2.45) is 0 Å². The fourth-order valence-electron chi connectivity index (χ4n) is 2.29. The number of hydrogen-bond donors (Lipinski definition) is 2. The molecular weight excluding hydrogens is 232 g/mol. The van der Waals surface area contributed by atoms with Crippen LogP contribution in [0.3, 0.4) is 0 Å². The molecule has 3 heteroatoms. The highest BCUT2D eigenvalue weighted by atomic mass is 35.5. The van der Waals surface area contributed by atoms with Gasteiger partial charge in [0.15, 0.2) is 0 Å². The minimum absolute atomic E-state index is 0. The number of likely N-dealkylation sites (N-methyl/N-ethyl adjacent to an activating group) is 1. The summed E-state index contributed by atoms with van der Waals surface area (Å²) in [6.45, 7) is 4.39. The van der Waals surface area contributed by atoms with Crippen molar-refractivity contribution in [2.45, 2.75) is 32.7 Å². The smallest absolute Gasteiger partial charge is 0.0458 e. The molecule has 17 heavy (non-hydrogen) atoms. The van der Waals surface area contributed by atoms with Crippen molar-refractivity contribution in [3.05, 3.63) is 35.5 Å². The van der Waals surface area contributed by atoms with E-state index in [0.717, 1.165) is 12.8 Å². The van der Waals surface area contributed by atoms with Crippen LogP contribution in [0.25, 0.3) is 10.9 Å². The van der Waals surface area contributed by atoms with E-state index in [1.807, 2.05) is 7.05 Å². The summed E-state index contributed by atoms with van der Waals surface area (Å²) in [5.41, 5.74) is 4.01. The Hall–Kier alpha value is -0.990. The first kappa shape index (κ1) is 14.1. The van der Waals surface area contributed by atoms with Crippen LogP contribution in [0.5, 0.6) is 0 Å². The molecule has 94 valence electrons. The van der Waals surface area contributed by atoms with Gasteiger partial charge in [0.1, 0.15) is 0 Å². The van der Waals surface area contributed by atoms with Crippen molar-refractivity contribution in [1.29, 1.82) is 0 Å². The first-order valence-electron chi connectivity index (χ1n) is 5.99. The maximum absolute atomic E-state index is 3.45. The number of benzene rings is 1. The Kier molecular flexibility index (Phi) is 5.03. The lowest BCUT2D eigenvalue weighted by atomic mass is 10.0. The van der Waals surface area contributed by atoms with Crippen LogP contribution in [0, 0.1) is 6.92 Å². The SMILES string of the molecule is CCC(Cc1c(C)[nH]c2ccccc12)NC.Cl. The third-order valence-corrected chi connectivity index (χ3v) is 3.38. The van der Waals surface area contributed by atoms with Crippen LogP contribution < -0.4 is 5.32 Å². The molecule has 1 unspecified atom stereocenters. The number of aryl methyl sites for hydroxylation is 1. The van der Waals surface area contributed by atoms with Gasteiger partial charge in [0.25, 0.3) is 0 Å². The molecule has 0 saturated carbocycles. The van der Waals surface area contributed by atoms with Gasteiger partial charge in [0.2, 0.25) is 0 Å². The molecule has 0 aliphatic rings. The zero-order chi connectivity index (χ0) is 11.5. The van der Waals surface area contributed by atoms with Crippen LogP contribution >= 0.6 is 12.4 Å². The maximum Gasteiger partial charge on any atom is 0.0458 e. The van der Waals surface area contributed by atoms with Crippen LogP contribution in [0.4, 0.5) is 0 Å². The number of hydrogen-bond acceptors (Lipinski definition) is 1. The standard InChI is InChI=1S/C14H20N2.ClH/c1-4-11(15-3)9-13-10(2)16-14-8-6-5-7-12(13)14;/h5-8,11,15-16H,4,9H2,1-3H3;1H. The number of halogens is 1. The summed E-state index contributed by atoms with van der Waals surface area (Å²) >= 11 is 0. The zero-order valence-electron chi connectivity index (χ0n) is 10.7. The molecule has 1 aromatic carbocycles. The lowest BCUT2D eigenvalue weighted by Crippen LogP contribution is -2.26. The van der Waals surface area contributed by atoms with Crippen molar-refractivity contribution in [3.8, 4) is 0 Å². The Labute approximate surface area is 109 Å². The third-order valence-electron chi connectivity index (χ3n) is 3.38. The number of nitrogens with one attached hydrogen (secondary N) is 2. The summed E-state index contributed by atoms with van der Waals surface area (Å²) in [7, 11) is 2.04. The lowest BCUT2D eigenvalue weighted by molar-refractivity contribution is 0.543. The summed E-state index contributed by atoms with van der Waals surface area (Å²) in [4.78, 5) is 3.45. The molecule has 2 aromatic rings. The molecule has 0 fully saturated rings. The van der Waals surface area contributed by atoms with Crippen LogP contribution in [0.15, 0.2) is 24.3 Å². The molecule has 1 aromatic heterocycles. The summed E-state index contributed by atoms with van der Waals surface area (Å²) in [6, 6.07) is 9.11. The highest BCUT2D eigenvalue weighted by molar-refractivity contribution is 5.85. The quantitative estimate of drug-likeness (QED) is 0.857. The fraction of sp³-hybridized carbons (Fsp3) is 0.429. The third kappa shape index (κ3) is 2.82. The molecule has 2 rings (SSSR count). The van der Waals surface area contributed by atoms with Gasteiger partial charge in [0, 0.05) is 22.6 Å². The number of para-hydroxylation sites is 1. The van der Waals surface area contributed by atoms with Gasteiger partial charge in [0.05, 0.1) is 0 Å². The summed E-state index contributed by atoms with van der Waals surface area (Å²) < 4.78 is 0. The first-order valence-corrected chi connectivity index (χ1v) is 5.99. The Morgan fingerprint density at radius 1 is 1.29 bits per heavy atom. The Morgan fingerprint density at radius 3 is 2.65 bits per heavy atom. The van der Waals surface area contributed by atoms with E-state index in [0.29, 0.717) is 6.04 Å². The van der Waals surface area contributed by atoms with Gasteiger partial charge in [-0.3, -0.25) is 0 Å². The maximum atomic E-state index is 3.45. The zero-order valence-corrected chi connectivity index (χ0v) is 11.5. The highest BCUT2D eigenvalue weighted by Gasteiger charge is 2.11. The number of H-pyrrole nitrogens is 1. The van der Waals surface area contributed by atoms with E-state index in [9.17, 15) is 0 Å². The van der Waals surface area contributed by atoms with Gasteiger partial charge in [-0.15, -0.1) is 12.4 Å². The largest absolute Gasteiger partial charge is 0.358 e. The minimum Gasteiger partial charge on any atom is -0.358 e. The Bertz CT molecular complexity index is 472. The highest BCUT2D eigenvalue weighted by Crippen LogP contribution is 2.23. The molecule has 0 spiro atoms. The molecule has 1 atom stereocenters. The normalized spacial score (nSPS) is 12.4. The topological polar surface area (TPSA) is 27.8 Å². The second-order valence-electron chi connectivity index (χ2n) is 4.37. The second-order valence-corrected chi connectivity index (χ2v) is 4.37. The fourth-order valence-corrected chi connectivity index (χ4v) is 2.29. The molecule has 2 N–H and O–H groups in total. The number of fused-ring (bicyclic) bond motifs is 1. The molecule has 0 aliphatic carbocycles. The van der Waals surface area contributed by atoms with Crippen molar-refractivity contribution in [3.63, 3.8) is 0 Å². The van der Waals surface area contributed by atoms with Gasteiger partial charge in [-0.25, -0.2) is 0 Å². The molecule has 0 amide bonds. The molecule has 0 radical (unpaired) electrons. The molecule has 0 aliphatic heterocycles. The van der Waals surface area contributed by atoms with Crippen LogP contribution in [0.1, 0.15) is 24.6 Å². The van der Waals surface area contributed by atoms with E-state index >= 15 is 0 Å². The lowest BCUT2D eigenvalue weighted by Gasteiger charge is -2.13. The molecule has 2 nitrogen and oxygen atoms in total. The summed E-state index contributed by atoms with van der Waals surface area (Å²) in [6.07, 6.45) is 2.26. The van der Waals surface area contributed by atoms with Gasteiger partial charge in [-0.05, 0) is 38.4 Å². The minimum atomic E-state index is 0.